The molecule has 0 atom stereocenters. The number of fused-ring (bicyclic) bond motifs is 1. The quantitative estimate of drug-likeness (QED) is 0.248. The minimum Gasteiger partial charge on any atom is -0.384 e. The number of carbonyl (C=O) groups excluding carboxylic acids is 1. The smallest absolute Gasteiger partial charge is 0.384 e. The normalized spacial score (nSPS) is 11.3. The number of urea groups is 1. The van der Waals surface area contributed by atoms with Crippen LogP contribution >= 0.6 is 0 Å². The molecule has 3 aromatic carbocycles. The van der Waals surface area contributed by atoms with Gasteiger partial charge in [0.2, 0.25) is 0 Å². The molecule has 0 radical (unpaired) electrons. The Balaban J connectivity index is 1.47. The van der Waals surface area contributed by atoms with Gasteiger partial charge in [0.25, 0.3) is 0 Å². The third-order valence-electron chi connectivity index (χ3n) is 4.85. The number of nitrogens with zero attached hydrogens (tertiary/aromatic N) is 1. The summed E-state index contributed by atoms with van der Waals surface area (Å²) >= 11 is 0. The van der Waals surface area contributed by atoms with Crippen LogP contribution in [0, 0.1) is 5.41 Å². The van der Waals surface area contributed by atoms with Crippen molar-refractivity contribution in [3.05, 3.63) is 90.1 Å². The molecule has 0 aliphatic carbocycles. The van der Waals surface area contributed by atoms with Crippen molar-refractivity contribution in [3.63, 3.8) is 0 Å². The second kappa shape index (κ2) is 8.10. The summed E-state index contributed by atoms with van der Waals surface area (Å²) in [6.07, 6.45) is -2.60. The van der Waals surface area contributed by atoms with Crippen molar-refractivity contribution in [3.8, 4) is 5.69 Å². The topological polar surface area (TPSA) is 95.9 Å². The lowest BCUT2D eigenvalue weighted by molar-refractivity contribution is -0.137. The first-order valence-corrected chi connectivity index (χ1v) is 9.52. The van der Waals surface area contributed by atoms with Crippen LogP contribution in [-0.2, 0) is 6.18 Å². The summed E-state index contributed by atoms with van der Waals surface area (Å²) in [4.78, 5) is 12.2. The molecule has 0 aliphatic rings. The maximum Gasteiger partial charge on any atom is 0.416 e. The molecule has 9 heteroatoms. The molecule has 2 amide bonds. The van der Waals surface area contributed by atoms with Crippen LogP contribution in [0.5, 0.6) is 0 Å². The van der Waals surface area contributed by atoms with Crippen molar-refractivity contribution in [2.75, 3.05) is 10.6 Å². The number of hydrogen-bond donors (Lipinski definition) is 4. The zero-order chi connectivity index (χ0) is 22.9. The van der Waals surface area contributed by atoms with E-state index in [2.05, 4.69) is 10.6 Å². The number of alkyl halides is 3. The summed E-state index contributed by atoms with van der Waals surface area (Å²) in [6.45, 7) is 0. The monoisotopic (exact) mass is 437 g/mol. The fraction of sp³-hybridized carbons (Fsp3) is 0.0435. The Labute approximate surface area is 181 Å². The van der Waals surface area contributed by atoms with E-state index in [0.717, 1.165) is 28.7 Å². The van der Waals surface area contributed by atoms with Crippen LogP contribution in [0.1, 0.15) is 11.1 Å². The van der Waals surface area contributed by atoms with Gasteiger partial charge in [-0.3, -0.25) is 5.41 Å². The lowest BCUT2D eigenvalue weighted by Gasteiger charge is -2.11. The number of anilines is 2. The van der Waals surface area contributed by atoms with E-state index in [4.69, 9.17) is 11.1 Å². The van der Waals surface area contributed by atoms with Crippen molar-refractivity contribution in [1.29, 1.82) is 5.41 Å². The highest BCUT2D eigenvalue weighted by Gasteiger charge is 2.30. The second-order valence-corrected chi connectivity index (χ2v) is 7.08. The number of halogens is 3. The Bertz CT molecular complexity index is 1310. The summed E-state index contributed by atoms with van der Waals surface area (Å²) in [7, 11) is 0. The Hall–Kier alpha value is -4.27. The molecule has 0 fully saturated rings. The Kier molecular flexibility index (Phi) is 5.31. The van der Waals surface area contributed by atoms with Crippen LogP contribution < -0.4 is 16.4 Å². The van der Waals surface area contributed by atoms with Crippen LogP contribution in [-0.4, -0.2) is 16.4 Å². The molecule has 0 saturated heterocycles. The van der Waals surface area contributed by atoms with Crippen LogP contribution in [0.15, 0.2) is 79.0 Å². The standard InChI is InChI=1S/C23H18F3N5O/c24-23(25,26)16-2-1-3-18(13-16)30-22(32)29-17-5-7-19(8-6-17)31-11-10-14-12-15(21(27)28)4-9-20(14)31/h1-13H,(H3,27,28)(H2,29,30,32). The Morgan fingerprint density at radius 1 is 0.906 bits per heavy atom. The molecule has 4 aromatic rings. The molecule has 0 spiro atoms. The molecule has 32 heavy (non-hydrogen) atoms. The molecular formula is C23H18F3N5O. The number of nitrogen functional groups attached to an aromatic ring is 1. The lowest BCUT2D eigenvalue weighted by atomic mass is 10.1. The number of amidine groups is 1. The first-order chi connectivity index (χ1) is 15.2. The van der Waals surface area contributed by atoms with Gasteiger partial charge in [0.1, 0.15) is 5.84 Å². The van der Waals surface area contributed by atoms with Gasteiger partial charge in [0, 0.05) is 34.2 Å². The van der Waals surface area contributed by atoms with E-state index in [0.29, 0.717) is 11.3 Å². The Morgan fingerprint density at radius 2 is 1.62 bits per heavy atom. The highest BCUT2D eigenvalue weighted by atomic mass is 19.4. The average molecular weight is 437 g/mol. The third-order valence-corrected chi connectivity index (χ3v) is 4.85. The van der Waals surface area contributed by atoms with Gasteiger partial charge < -0.3 is 20.9 Å². The molecule has 1 aromatic heterocycles. The van der Waals surface area contributed by atoms with Gasteiger partial charge in [-0.15, -0.1) is 0 Å². The first-order valence-electron chi connectivity index (χ1n) is 9.52. The van der Waals surface area contributed by atoms with Crippen LogP contribution in [0.3, 0.4) is 0 Å². The first kappa shape index (κ1) is 21.0. The van der Waals surface area contributed by atoms with E-state index < -0.39 is 17.8 Å². The fourth-order valence-corrected chi connectivity index (χ4v) is 3.31. The summed E-state index contributed by atoms with van der Waals surface area (Å²) in [5.74, 6) is -0.00140. The Morgan fingerprint density at radius 3 is 2.31 bits per heavy atom. The summed E-state index contributed by atoms with van der Waals surface area (Å²) in [5.41, 5.74) is 7.64. The van der Waals surface area contributed by atoms with Crippen LogP contribution in [0.25, 0.3) is 16.6 Å². The van der Waals surface area contributed by atoms with E-state index in [1.807, 2.05) is 29.0 Å². The molecule has 0 saturated carbocycles. The molecule has 1 heterocycles. The van der Waals surface area contributed by atoms with Crippen molar-refractivity contribution >= 4 is 34.1 Å². The van der Waals surface area contributed by atoms with Crippen molar-refractivity contribution in [2.24, 2.45) is 5.73 Å². The minimum atomic E-state index is -4.49. The van der Waals surface area contributed by atoms with Gasteiger partial charge in [0.05, 0.1) is 11.1 Å². The molecule has 0 bridgehead atoms. The molecule has 5 N–H and O–H groups in total. The van der Waals surface area contributed by atoms with Crippen molar-refractivity contribution in [1.82, 2.24) is 4.57 Å². The molecule has 0 aliphatic heterocycles. The highest BCUT2D eigenvalue weighted by Crippen LogP contribution is 2.30. The number of hydrogen-bond acceptors (Lipinski definition) is 2. The molecule has 4 rings (SSSR count). The van der Waals surface area contributed by atoms with Gasteiger partial charge in [-0.05, 0) is 66.7 Å². The summed E-state index contributed by atoms with van der Waals surface area (Å²) in [5, 5.41) is 13.5. The summed E-state index contributed by atoms with van der Waals surface area (Å²) in [6, 6.07) is 18.2. The maximum absolute atomic E-state index is 12.8. The van der Waals surface area contributed by atoms with Crippen molar-refractivity contribution < 1.29 is 18.0 Å². The van der Waals surface area contributed by atoms with Gasteiger partial charge in [-0.25, -0.2) is 4.79 Å². The van der Waals surface area contributed by atoms with Gasteiger partial charge in [0.15, 0.2) is 0 Å². The molecule has 6 nitrogen and oxygen atoms in total. The molecule has 0 unspecified atom stereocenters. The van der Waals surface area contributed by atoms with E-state index in [1.165, 1.54) is 12.1 Å². The highest BCUT2D eigenvalue weighted by molar-refractivity contribution is 6.00. The third kappa shape index (κ3) is 4.41. The van der Waals surface area contributed by atoms with Crippen LogP contribution in [0.2, 0.25) is 0 Å². The number of benzene rings is 3. The number of nitrogens with one attached hydrogen (secondary N) is 3. The van der Waals surface area contributed by atoms with E-state index in [-0.39, 0.29) is 11.5 Å². The van der Waals surface area contributed by atoms with Crippen molar-refractivity contribution in [2.45, 2.75) is 6.18 Å². The SMILES string of the molecule is N=C(N)c1ccc2c(ccn2-c2ccc(NC(=O)Nc3cccc(C(F)(F)F)c3)cc2)c1. The number of rotatable bonds is 4. The largest absolute Gasteiger partial charge is 0.416 e. The van der Waals surface area contributed by atoms with E-state index in [9.17, 15) is 18.0 Å². The number of aromatic nitrogens is 1. The zero-order valence-electron chi connectivity index (χ0n) is 16.6. The maximum atomic E-state index is 12.8. The number of nitrogens with two attached hydrogens (primary N) is 1. The summed E-state index contributed by atoms with van der Waals surface area (Å²) < 4.78 is 40.4. The lowest BCUT2D eigenvalue weighted by Crippen LogP contribution is -2.19. The van der Waals surface area contributed by atoms with Gasteiger partial charge in [-0.2, -0.15) is 13.2 Å². The second-order valence-electron chi connectivity index (χ2n) is 7.08. The average Bonchev–Trinajstić information content (AvgIpc) is 3.17. The predicted molar refractivity (Wildman–Crippen MR) is 118 cm³/mol. The number of amides is 2. The van der Waals surface area contributed by atoms with E-state index in [1.54, 1.807) is 30.3 Å². The van der Waals surface area contributed by atoms with Gasteiger partial charge >= 0.3 is 12.2 Å². The number of carbonyl (C=O) groups is 1. The van der Waals surface area contributed by atoms with Gasteiger partial charge in [-0.1, -0.05) is 6.07 Å². The molecule has 162 valence electrons. The fourth-order valence-electron chi connectivity index (χ4n) is 3.31. The van der Waals surface area contributed by atoms with Crippen LogP contribution in [0.4, 0.5) is 29.3 Å². The van der Waals surface area contributed by atoms with E-state index >= 15 is 0 Å². The molecular weight excluding hydrogens is 419 g/mol. The zero-order valence-corrected chi connectivity index (χ0v) is 16.6. The minimum absolute atomic E-state index is 0.00140. The predicted octanol–water partition coefficient (Wildman–Crippen LogP) is 5.58.